The summed E-state index contributed by atoms with van der Waals surface area (Å²) in [5.74, 6) is 1.44. The summed E-state index contributed by atoms with van der Waals surface area (Å²) in [7, 11) is 1.61. The Bertz CT molecular complexity index is 1040. The standard InChI is InChI=1S/C27H37N3O6/c1-18(32)27(2)17-30(26(34)22(33)16-31)15-21(27)19-9-10-23(35-3)24(13-19)36-20-7-6-12-29(14-20)25-8-4-5-11-28-25/h4-5,8-11,13,18,20-22,31-33H,6-7,12,14-17H2,1-3H3/t18?,20?,21-,22?,27-/m0/s1. The maximum Gasteiger partial charge on any atom is 0.253 e. The number of anilines is 1. The monoisotopic (exact) mass is 499 g/mol. The number of aliphatic hydroxyl groups excluding tert-OH is 3. The molecule has 3 heterocycles. The number of aliphatic hydroxyl groups is 3. The number of piperidine rings is 1. The predicted molar refractivity (Wildman–Crippen MR) is 135 cm³/mol. The van der Waals surface area contributed by atoms with Crippen molar-refractivity contribution >= 4 is 11.7 Å². The molecule has 0 radical (unpaired) electrons. The number of carbonyl (C=O) groups is 1. The van der Waals surface area contributed by atoms with E-state index in [0.29, 0.717) is 24.6 Å². The van der Waals surface area contributed by atoms with Gasteiger partial charge in [-0.15, -0.1) is 0 Å². The van der Waals surface area contributed by atoms with Gasteiger partial charge in [-0.05, 0) is 49.6 Å². The fraction of sp³-hybridized carbons (Fsp3) is 0.556. The number of nitrogens with zero attached hydrogens (tertiary/aromatic N) is 3. The molecule has 2 aliphatic heterocycles. The zero-order valence-corrected chi connectivity index (χ0v) is 21.2. The van der Waals surface area contributed by atoms with Gasteiger partial charge in [0.25, 0.3) is 5.91 Å². The van der Waals surface area contributed by atoms with Gasteiger partial charge in [-0.2, -0.15) is 0 Å². The summed E-state index contributed by atoms with van der Waals surface area (Å²) >= 11 is 0. The van der Waals surface area contributed by atoms with Crippen LogP contribution >= 0.6 is 0 Å². The first-order valence-corrected chi connectivity index (χ1v) is 12.5. The van der Waals surface area contributed by atoms with Crippen molar-refractivity contribution in [3.8, 4) is 11.5 Å². The summed E-state index contributed by atoms with van der Waals surface area (Å²) in [5.41, 5.74) is 0.275. The van der Waals surface area contributed by atoms with Crippen LogP contribution in [0.15, 0.2) is 42.6 Å². The molecule has 2 saturated heterocycles. The number of carbonyl (C=O) groups excluding carboxylic acids is 1. The first-order chi connectivity index (χ1) is 17.3. The Balaban J connectivity index is 1.57. The maximum absolute atomic E-state index is 12.6. The molecule has 1 aromatic carbocycles. The second kappa shape index (κ2) is 11.0. The summed E-state index contributed by atoms with van der Waals surface area (Å²) in [6.45, 7) is 5.25. The van der Waals surface area contributed by atoms with Gasteiger partial charge >= 0.3 is 0 Å². The molecular formula is C27H37N3O6. The van der Waals surface area contributed by atoms with Crippen LogP contribution in [0.2, 0.25) is 0 Å². The van der Waals surface area contributed by atoms with E-state index in [4.69, 9.17) is 9.47 Å². The van der Waals surface area contributed by atoms with Crippen LogP contribution < -0.4 is 14.4 Å². The van der Waals surface area contributed by atoms with Crippen LogP contribution in [-0.2, 0) is 4.79 Å². The molecule has 4 rings (SSSR count). The Hall–Kier alpha value is -2.88. The molecule has 0 spiro atoms. The SMILES string of the molecule is COc1ccc([C@@H]2CN(C(=O)C(O)CO)C[C@@]2(C)C(C)O)cc1OC1CCCN(c2ccccn2)C1. The van der Waals surface area contributed by atoms with Gasteiger partial charge in [-0.1, -0.05) is 19.1 Å². The summed E-state index contributed by atoms with van der Waals surface area (Å²) in [4.78, 5) is 20.8. The van der Waals surface area contributed by atoms with Crippen molar-refractivity contribution in [3.05, 3.63) is 48.2 Å². The molecule has 0 bridgehead atoms. The highest BCUT2D eigenvalue weighted by Crippen LogP contribution is 2.47. The van der Waals surface area contributed by atoms with E-state index in [-0.39, 0.29) is 18.6 Å². The van der Waals surface area contributed by atoms with Crippen LogP contribution in [0.1, 0.15) is 38.2 Å². The van der Waals surface area contributed by atoms with Gasteiger partial charge in [0.2, 0.25) is 0 Å². The van der Waals surface area contributed by atoms with Crippen LogP contribution in [0.3, 0.4) is 0 Å². The molecule has 9 nitrogen and oxygen atoms in total. The van der Waals surface area contributed by atoms with E-state index >= 15 is 0 Å². The van der Waals surface area contributed by atoms with Crippen LogP contribution in [0.25, 0.3) is 0 Å². The minimum absolute atomic E-state index is 0.0468. The van der Waals surface area contributed by atoms with E-state index in [9.17, 15) is 20.1 Å². The molecule has 3 unspecified atom stereocenters. The molecule has 5 atom stereocenters. The van der Waals surface area contributed by atoms with Gasteiger partial charge in [-0.25, -0.2) is 4.98 Å². The smallest absolute Gasteiger partial charge is 0.253 e. The van der Waals surface area contributed by atoms with Crippen molar-refractivity contribution in [2.75, 3.05) is 44.8 Å². The number of likely N-dealkylation sites (tertiary alicyclic amines) is 1. The summed E-state index contributed by atoms with van der Waals surface area (Å²) in [6, 6.07) is 11.6. The number of pyridine rings is 1. The molecule has 0 aliphatic carbocycles. The third-order valence-electron chi connectivity index (χ3n) is 7.69. The molecular weight excluding hydrogens is 462 g/mol. The van der Waals surface area contributed by atoms with E-state index in [2.05, 4.69) is 9.88 Å². The fourth-order valence-electron chi connectivity index (χ4n) is 5.35. The molecule has 196 valence electrons. The Morgan fingerprint density at radius 2 is 2.03 bits per heavy atom. The maximum atomic E-state index is 12.6. The fourth-order valence-corrected chi connectivity index (χ4v) is 5.35. The predicted octanol–water partition coefficient (Wildman–Crippen LogP) is 1.80. The Morgan fingerprint density at radius 1 is 1.22 bits per heavy atom. The number of amides is 1. The van der Waals surface area contributed by atoms with E-state index in [1.165, 1.54) is 4.90 Å². The quantitative estimate of drug-likeness (QED) is 0.504. The van der Waals surface area contributed by atoms with Gasteiger partial charge in [0.1, 0.15) is 11.9 Å². The van der Waals surface area contributed by atoms with Gasteiger partial charge in [-0.3, -0.25) is 4.79 Å². The lowest BCUT2D eigenvalue weighted by Crippen LogP contribution is -2.42. The van der Waals surface area contributed by atoms with Crippen molar-refractivity contribution in [3.63, 3.8) is 0 Å². The first kappa shape index (κ1) is 26.2. The molecule has 1 amide bonds. The number of benzene rings is 1. The van der Waals surface area contributed by atoms with E-state index in [1.807, 2.05) is 43.3 Å². The zero-order valence-electron chi connectivity index (χ0n) is 21.2. The lowest BCUT2D eigenvalue weighted by atomic mass is 9.72. The Morgan fingerprint density at radius 3 is 2.69 bits per heavy atom. The molecule has 3 N–H and O–H groups in total. The number of ether oxygens (including phenoxy) is 2. The first-order valence-electron chi connectivity index (χ1n) is 12.5. The minimum atomic E-state index is -1.47. The highest BCUT2D eigenvalue weighted by Gasteiger charge is 2.49. The van der Waals surface area contributed by atoms with Crippen LogP contribution in [-0.4, -0.2) is 89.3 Å². The summed E-state index contributed by atoms with van der Waals surface area (Å²) < 4.78 is 12.1. The zero-order chi connectivity index (χ0) is 25.9. The normalized spacial score (nSPS) is 25.9. The average Bonchev–Trinajstić information content (AvgIpc) is 3.27. The molecule has 2 aromatic rings. The molecule has 1 aromatic heterocycles. The summed E-state index contributed by atoms with van der Waals surface area (Å²) in [5, 5.41) is 29.8. The largest absolute Gasteiger partial charge is 0.493 e. The van der Waals surface area contributed by atoms with E-state index in [1.54, 1.807) is 20.2 Å². The van der Waals surface area contributed by atoms with Gasteiger partial charge in [0, 0.05) is 37.2 Å². The summed E-state index contributed by atoms with van der Waals surface area (Å²) in [6.07, 6.45) is 1.46. The second-order valence-electron chi connectivity index (χ2n) is 10.1. The van der Waals surface area contributed by atoms with Crippen molar-refractivity contribution in [2.45, 2.75) is 50.9 Å². The second-order valence-corrected chi connectivity index (χ2v) is 10.1. The average molecular weight is 500 g/mol. The van der Waals surface area contributed by atoms with Gasteiger partial charge in [0.05, 0.1) is 26.4 Å². The molecule has 2 fully saturated rings. The highest BCUT2D eigenvalue weighted by molar-refractivity contribution is 5.81. The molecule has 2 aliphatic rings. The van der Waals surface area contributed by atoms with Crippen molar-refractivity contribution < 1.29 is 29.6 Å². The number of hydrogen-bond donors (Lipinski definition) is 3. The highest BCUT2D eigenvalue weighted by atomic mass is 16.5. The Labute approximate surface area is 212 Å². The molecule has 36 heavy (non-hydrogen) atoms. The van der Waals surface area contributed by atoms with Crippen LogP contribution in [0, 0.1) is 5.41 Å². The third-order valence-corrected chi connectivity index (χ3v) is 7.69. The Kier molecular flexibility index (Phi) is 8.02. The number of rotatable bonds is 8. The molecule has 9 heteroatoms. The number of methoxy groups -OCH3 is 1. The van der Waals surface area contributed by atoms with Crippen molar-refractivity contribution in [2.24, 2.45) is 5.41 Å². The topological polar surface area (TPSA) is 116 Å². The van der Waals surface area contributed by atoms with Gasteiger partial charge in [0.15, 0.2) is 17.6 Å². The van der Waals surface area contributed by atoms with E-state index < -0.39 is 30.1 Å². The van der Waals surface area contributed by atoms with E-state index in [0.717, 1.165) is 30.8 Å². The third kappa shape index (κ3) is 5.28. The lowest BCUT2D eigenvalue weighted by molar-refractivity contribution is -0.141. The lowest BCUT2D eigenvalue weighted by Gasteiger charge is -2.35. The number of aromatic nitrogens is 1. The van der Waals surface area contributed by atoms with Crippen molar-refractivity contribution in [1.82, 2.24) is 9.88 Å². The van der Waals surface area contributed by atoms with Crippen molar-refractivity contribution in [1.29, 1.82) is 0 Å². The minimum Gasteiger partial charge on any atom is -0.493 e. The number of hydrogen-bond acceptors (Lipinski definition) is 8. The van der Waals surface area contributed by atoms with Gasteiger partial charge < -0.3 is 34.6 Å². The molecule has 0 saturated carbocycles. The van der Waals surface area contributed by atoms with Crippen LogP contribution in [0.4, 0.5) is 5.82 Å². The van der Waals surface area contributed by atoms with Crippen LogP contribution in [0.5, 0.6) is 11.5 Å².